The Bertz CT molecular complexity index is 1040. The molecule has 0 aliphatic carbocycles. The molecule has 0 bridgehead atoms. The van der Waals surface area contributed by atoms with E-state index in [0.717, 1.165) is 37.2 Å². The monoisotopic (exact) mass is 415 g/mol. The summed E-state index contributed by atoms with van der Waals surface area (Å²) in [6.07, 6.45) is 1.54. The van der Waals surface area contributed by atoms with Gasteiger partial charge < -0.3 is 10.6 Å². The third kappa shape index (κ3) is 5.30. The van der Waals surface area contributed by atoms with Crippen LogP contribution in [0.5, 0.6) is 0 Å². The van der Waals surface area contributed by atoms with Crippen LogP contribution in [0, 0.1) is 5.92 Å². The van der Waals surface area contributed by atoms with E-state index in [1.54, 1.807) is 0 Å². The van der Waals surface area contributed by atoms with Crippen LogP contribution in [0.15, 0.2) is 72.8 Å². The van der Waals surface area contributed by atoms with Crippen LogP contribution in [0.4, 0.5) is 5.69 Å². The van der Waals surface area contributed by atoms with Crippen LogP contribution in [0.3, 0.4) is 0 Å². The van der Waals surface area contributed by atoms with Crippen molar-refractivity contribution in [3.8, 4) is 0 Å². The zero-order chi connectivity index (χ0) is 21.6. The molecule has 3 aromatic carbocycles. The van der Waals surface area contributed by atoms with Crippen molar-refractivity contribution in [3.63, 3.8) is 0 Å². The van der Waals surface area contributed by atoms with E-state index in [1.165, 1.54) is 10.8 Å². The number of benzene rings is 3. The third-order valence-corrected chi connectivity index (χ3v) is 6.03. The summed E-state index contributed by atoms with van der Waals surface area (Å²) in [5.74, 6) is 0.0848. The molecule has 5 nitrogen and oxygen atoms in total. The van der Waals surface area contributed by atoms with E-state index in [0.29, 0.717) is 6.54 Å². The molecule has 0 aromatic heterocycles. The zero-order valence-electron chi connectivity index (χ0n) is 17.9. The minimum atomic E-state index is -0.0622. The van der Waals surface area contributed by atoms with Gasteiger partial charge in [-0.3, -0.25) is 14.5 Å². The molecule has 2 N–H and O–H groups in total. The number of amides is 2. The molecule has 3 aromatic rings. The van der Waals surface area contributed by atoms with Gasteiger partial charge in [-0.1, -0.05) is 60.7 Å². The predicted molar refractivity (Wildman–Crippen MR) is 125 cm³/mol. The molecule has 1 fully saturated rings. The number of anilines is 1. The van der Waals surface area contributed by atoms with E-state index >= 15 is 0 Å². The highest BCUT2D eigenvalue weighted by Gasteiger charge is 2.26. The van der Waals surface area contributed by atoms with E-state index in [4.69, 9.17) is 0 Å². The van der Waals surface area contributed by atoms with Gasteiger partial charge in [0.15, 0.2) is 0 Å². The van der Waals surface area contributed by atoms with E-state index in [2.05, 4.69) is 39.8 Å². The molecule has 1 saturated heterocycles. The molecule has 5 heteroatoms. The maximum absolute atomic E-state index is 12.7. The van der Waals surface area contributed by atoms with Gasteiger partial charge in [-0.25, -0.2) is 0 Å². The smallest absolute Gasteiger partial charge is 0.234 e. The Morgan fingerprint density at radius 2 is 1.61 bits per heavy atom. The summed E-state index contributed by atoms with van der Waals surface area (Å²) >= 11 is 0. The number of hydrogen-bond acceptors (Lipinski definition) is 3. The fourth-order valence-electron chi connectivity index (χ4n) is 4.32. The Morgan fingerprint density at radius 3 is 2.39 bits per heavy atom. The van der Waals surface area contributed by atoms with Gasteiger partial charge in [0, 0.05) is 11.6 Å². The topological polar surface area (TPSA) is 61.4 Å². The molecule has 0 spiro atoms. The fraction of sp³-hybridized carbons (Fsp3) is 0.308. The van der Waals surface area contributed by atoms with Gasteiger partial charge in [0.25, 0.3) is 0 Å². The number of carbonyl (C=O) groups excluding carboxylic acids is 2. The summed E-state index contributed by atoms with van der Waals surface area (Å²) in [7, 11) is 0. The van der Waals surface area contributed by atoms with Gasteiger partial charge in [-0.15, -0.1) is 0 Å². The molecule has 1 aliphatic heterocycles. The maximum Gasteiger partial charge on any atom is 0.234 e. The summed E-state index contributed by atoms with van der Waals surface area (Å²) in [6, 6.07) is 23.9. The van der Waals surface area contributed by atoms with E-state index in [9.17, 15) is 9.59 Å². The number of fused-ring (bicyclic) bond motifs is 1. The number of nitrogens with one attached hydrogen (secondary N) is 2. The largest absolute Gasteiger partial charge is 0.348 e. The number of carbonyl (C=O) groups is 2. The van der Waals surface area contributed by atoms with Gasteiger partial charge >= 0.3 is 0 Å². The summed E-state index contributed by atoms with van der Waals surface area (Å²) in [5, 5.41) is 8.48. The Morgan fingerprint density at radius 1 is 0.935 bits per heavy atom. The van der Waals surface area contributed by atoms with Crippen molar-refractivity contribution in [1.82, 2.24) is 10.2 Å². The van der Waals surface area contributed by atoms with Crippen molar-refractivity contribution in [2.75, 3.05) is 25.0 Å². The van der Waals surface area contributed by atoms with Crippen molar-refractivity contribution in [2.24, 2.45) is 5.92 Å². The van der Waals surface area contributed by atoms with Crippen molar-refractivity contribution in [2.45, 2.75) is 25.8 Å². The predicted octanol–water partition coefficient (Wildman–Crippen LogP) is 4.37. The molecule has 0 saturated carbocycles. The van der Waals surface area contributed by atoms with Crippen molar-refractivity contribution in [3.05, 3.63) is 78.4 Å². The molecule has 31 heavy (non-hydrogen) atoms. The summed E-state index contributed by atoms with van der Waals surface area (Å²) < 4.78 is 0. The third-order valence-electron chi connectivity index (χ3n) is 6.03. The average molecular weight is 416 g/mol. The highest BCUT2D eigenvalue weighted by Crippen LogP contribution is 2.24. The molecule has 1 aliphatic rings. The lowest BCUT2D eigenvalue weighted by Gasteiger charge is -2.31. The molecule has 2 amide bonds. The first-order chi connectivity index (χ1) is 15.1. The van der Waals surface area contributed by atoms with Crippen LogP contribution in [0.25, 0.3) is 10.8 Å². The van der Waals surface area contributed by atoms with Gasteiger partial charge in [0.2, 0.25) is 11.8 Å². The highest BCUT2D eigenvalue weighted by molar-refractivity contribution is 5.92. The average Bonchev–Trinajstić information content (AvgIpc) is 2.79. The Balaban J connectivity index is 1.26. The first-order valence-corrected chi connectivity index (χ1v) is 11.0. The van der Waals surface area contributed by atoms with Crippen LogP contribution < -0.4 is 10.6 Å². The lowest BCUT2D eigenvalue weighted by molar-refractivity contribution is -0.123. The van der Waals surface area contributed by atoms with Gasteiger partial charge in [-0.2, -0.15) is 0 Å². The Labute approximate surface area is 183 Å². The summed E-state index contributed by atoms with van der Waals surface area (Å²) in [5.41, 5.74) is 1.96. The normalized spacial score (nSPS) is 16.0. The minimum absolute atomic E-state index is 0.00544. The fourth-order valence-corrected chi connectivity index (χ4v) is 4.32. The van der Waals surface area contributed by atoms with Crippen molar-refractivity contribution in [1.29, 1.82) is 0 Å². The van der Waals surface area contributed by atoms with E-state index in [1.807, 2.05) is 55.5 Å². The van der Waals surface area contributed by atoms with Crippen LogP contribution in [-0.2, 0) is 9.59 Å². The maximum atomic E-state index is 12.7. The molecule has 0 radical (unpaired) electrons. The van der Waals surface area contributed by atoms with Crippen LogP contribution in [-0.4, -0.2) is 36.3 Å². The number of para-hydroxylation sites is 1. The molecule has 4 rings (SSSR count). The number of rotatable bonds is 6. The number of nitrogens with zero attached hydrogens (tertiary/aromatic N) is 1. The van der Waals surface area contributed by atoms with Gasteiger partial charge in [0.05, 0.1) is 12.6 Å². The second-order valence-electron chi connectivity index (χ2n) is 8.26. The summed E-state index contributed by atoms with van der Waals surface area (Å²) in [6.45, 7) is 3.90. The SMILES string of the molecule is CC(NC(=O)CN1CCC(C(=O)Nc2ccccc2)CC1)c1cccc2ccccc12. The second kappa shape index (κ2) is 9.75. The van der Waals surface area contributed by atoms with Gasteiger partial charge in [-0.05, 0) is 61.3 Å². The lowest BCUT2D eigenvalue weighted by Crippen LogP contribution is -2.43. The molecular weight excluding hydrogens is 386 g/mol. The first-order valence-electron chi connectivity index (χ1n) is 11.0. The second-order valence-corrected chi connectivity index (χ2v) is 8.26. The molecular formula is C26H29N3O2. The van der Waals surface area contributed by atoms with Gasteiger partial charge in [0.1, 0.15) is 0 Å². The van der Waals surface area contributed by atoms with E-state index in [-0.39, 0.29) is 23.8 Å². The molecule has 160 valence electrons. The standard InChI is InChI=1S/C26H29N3O2/c1-19(23-13-7-9-20-8-5-6-12-24(20)23)27-25(30)18-29-16-14-21(15-17-29)26(31)28-22-10-3-2-4-11-22/h2-13,19,21H,14-18H2,1H3,(H,27,30)(H,28,31). The van der Waals surface area contributed by atoms with Crippen LogP contribution in [0.2, 0.25) is 0 Å². The number of piperidine rings is 1. The molecule has 1 heterocycles. The van der Waals surface area contributed by atoms with E-state index < -0.39 is 0 Å². The summed E-state index contributed by atoms with van der Waals surface area (Å²) in [4.78, 5) is 27.3. The molecule has 1 atom stereocenters. The van der Waals surface area contributed by atoms with Crippen molar-refractivity contribution >= 4 is 28.3 Å². The van der Waals surface area contributed by atoms with Crippen LogP contribution in [0.1, 0.15) is 31.4 Å². The van der Waals surface area contributed by atoms with Crippen LogP contribution >= 0.6 is 0 Å². The lowest BCUT2D eigenvalue weighted by atomic mass is 9.95. The highest BCUT2D eigenvalue weighted by atomic mass is 16.2. The zero-order valence-corrected chi connectivity index (χ0v) is 17.9. The Kier molecular flexibility index (Phi) is 6.63. The first kappa shape index (κ1) is 21.1. The minimum Gasteiger partial charge on any atom is -0.348 e. The van der Waals surface area contributed by atoms with Crippen molar-refractivity contribution < 1.29 is 9.59 Å². The number of likely N-dealkylation sites (tertiary alicyclic amines) is 1. The molecule has 1 unspecified atom stereocenters. The number of hydrogen-bond donors (Lipinski definition) is 2. The Hall–Kier alpha value is -3.18. The quantitative estimate of drug-likeness (QED) is 0.629.